The lowest BCUT2D eigenvalue weighted by atomic mass is 10.1. The number of hydrogen-bond donors (Lipinski definition) is 0. The number of nitrogens with zero attached hydrogens (tertiary/aromatic N) is 1. The van der Waals surface area contributed by atoms with Gasteiger partial charge in [-0.1, -0.05) is 67.2 Å². The molecule has 0 saturated carbocycles. The van der Waals surface area contributed by atoms with Crippen molar-refractivity contribution in [2.75, 3.05) is 26.2 Å². The van der Waals surface area contributed by atoms with Crippen molar-refractivity contribution in [3.63, 3.8) is 0 Å². The van der Waals surface area contributed by atoms with Crippen molar-refractivity contribution in [2.24, 2.45) is 0 Å². The average molecular weight is 318 g/mol. The van der Waals surface area contributed by atoms with Gasteiger partial charge in [-0.3, -0.25) is 0 Å². The Morgan fingerprint density at radius 2 is 0.810 bits per heavy atom. The van der Waals surface area contributed by atoms with E-state index in [1.54, 1.807) is 0 Å². The highest BCUT2D eigenvalue weighted by Gasteiger charge is 2.24. The lowest BCUT2D eigenvalue weighted by Crippen LogP contribution is -2.50. The fraction of sp³-hybridized carbons (Fsp3) is 1.00. The molecule has 0 aromatic carbocycles. The van der Waals surface area contributed by atoms with Gasteiger partial charge in [0, 0.05) is 0 Å². The van der Waals surface area contributed by atoms with Gasteiger partial charge in [0.1, 0.15) is 0 Å². The highest BCUT2D eigenvalue weighted by atomic mass is 32.1. The molecule has 0 unspecified atom stereocenters. The molecule has 0 fully saturated rings. The van der Waals surface area contributed by atoms with Crippen LogP contribution in [-0.2, 0) is 12.6 Å². The fourth-order valence-electron chi connectivity index (χ4n) is 2.64. The van der Waals surface area contributed by atoms with Gasteiger partial charge in [0.25, 0.3) is 0 Å². The quantitative estimate of drug-likeness (QED) is 0.317. The summed E-state index contributed by atoms with van der Waals surface area (Å²) in [4.78, 5) is 0. The Bertz CT molecular complexity index is 152. The number of quaternary nitrogens is 1. The Labute approximate surface area is 141 Å². The molecular weight excluding hydrogens is 274 g/mol. The molecule has 0 radical (unpaired) electrons. The second-order valence-electron chi connectivity index (χ2n) is 6.70. The Morgan fingerprint density at radius 3 is 0.952 bits per heavy atom. The van der Waals surface area contributed by atoms with E-state index >= 15 is 0 Å². The summed E-state index contributed by atoms with van der Waals surface area (Å²) in [6.07, 6.45) is 11.1. The third-order valence-electron chi connectivity index (χ3n) is 3.94. The Kier molecular flexibility index (Phi) is 18.7. The van der Waals surface area contributed by atoms with Gasteiger partial charge in [-0.05, 0) is 25.7 Å². The predicted molar refractivity (Wildman–Crippen MR) is 102 cm³/mol. The van der Waals surface area contributed by atoms with Crippen LogP contribution in [0.1, 0.15) is 92.9 Å². The normalized spacial score (nSPS) is 11.4. The van der Waals surface area contributed by atoms with E-state index in [0.29, 0.717) is 5.25 Å². The number of unbranched alkanes of at least 4 members (excludes halogenated alkanes) is 4. The molecule has 130 valence electrons. The molecular formula is C19H43NS. The number of hydrogen-bond acceptors (Lipinski definition) is 1. The maximum atomic E-state index is 4.62. The second-order valence-corrected chi connectivity index (χ2v) is 7.64. The largest absolute Gasteiger partial charge is 0.790 e. The van der Waals surface area contributed by atoms with Crippen molar-refractivity contribution in [1.29, 1.82) is 0 Å². The van der Waals surface area contributed by atoms with E-state index in [0.717, 1.165) is 0 Å². The van der Waals surface area contributed by atoms with Gasteiger partial charge in [0.2, 0.25) is 0 Å². The minimum Gasteiger partial charge on any atom is -0.790 e. The van der Waals surface area contributed by atoms with Crippen LogP contribution in [0.15, 0.2) is 0 Å². The molecule has 0 aliphatic rings. The molecule has 1 nitrogen and oxygen atoms in total. The van der Waals surface area contributed by atoms with Crippen molar-refractivity contribution in [3.05, 3.63) is 0 Å². The van der Waals surface area contributed by atoms with Crippen molar-refractivity contribution in [2.45, 2.75) is 98.2 Å². The van der Waals surface area contributed by atoms with E-state index in [1.165, 1.54) is 82.0 Å². The molecule has 21 heavy (non-hydrogen) atoms. The molecule has 0 aliphatic carbocycles. The van der Waals surface area contributed by atoms with E-state index < -0.39 is 0 Å². The van der Waals surface area contributed by atoms with E-state index in [4.69, 9.17) is 0 Å². The Morgan fingerprint density at radius 1 is 0.619 bits per heavy atom. The highest BCUT2D eigenvalue weighted by Crippen LogP contribution is 2.16. The molecule has 2 heteroatoms. The summed E-state index contributed by atoms with van der Waals surface area (Å²) in [7, 11) is 0. The van der Waals surface area contributed by atoms with Gasteiger partial charge in [-0.2, -0.15) is 5.25 Å². The highest BCUT2D eigenvalue weighted by molar-refractivity contribution is 7.59. The first kappa shape index (κ1) is 23.6. The fourth-order valence-corrected chi connectivity index (χ4v) is 2.64. The van der Waals surface area contributed by atoms with Gasteiger partial charge in [0.15, 0.2) is 0 Å². The summed E-state index contributed by atoms with van der Waals surface area (Å²) in [6, 6.07) is 0. The molecule has 0 amide bonds. The SMILES string of the molecule is CC(C)[S-].CCCC[N+](CCCC)(CCCC)CCCC. The van der Waals surface area contributed by atoms with Gasteiger partial charge in [-0.15, -0.1) is 0 Å². The van der Waals surface area contributed by atoms with Crippen LogP contribution >= 0.6 is 0 Å². The summed E-state index contributed by atoms with van der Waals surface area (Å²) in [6.45, 7) is 19.0. The summed E-state index contributed by atoms with van der Waals surface area (Å²) in [5.41, 5.74) is 0. The first-order valence-electron chi connectivity index (χ1n) is 9.48. The topological polar surface area (TPSA) is 0 Å². The first-order chi connectivity index (χ1) is 9.97. The monoisotopic (exact) mass is 317 g/mol. The third kappa shape index (κ3) is 16.5. The molecule has 0 saturated heterocycles. The smallest absolute Gasteiger partial charge is 0.0786 e. The Hall–Kier alpha value is 0.310. The van der Waals surface area contributed by atoms with Crippen LogP contribution in [0.4, 0.5) is 0 Å². The van der Waals surface area contributed by atoms with E-state index in [1.807, 2.05) is 13.8 Å². The van der Waals surface area contributed by atoms with Crippen molar-refractivity contribution >= 4 is 12.6 Å². The molecule has 0 bridgehead atoms. The molecule has 0 atom stereocenters. The van der Waals surface area contributed by atoms with Crippen molar-refractivity contribution in [3.8, 4) is 0 Å². The van der Waals surface area contributed by atoms with Crippen molar-refractivity contribution in [1.82, 2.24) is 0 Å². The molecule has 0 aromatic heterocycles. The minimum absolute atomic E-state index is 0.417. The third-order valence-corrected chi connectivity index (χ3v) is 3.94. The first-order valence-corrected chi connectivity index (χ1v) is 9.96. The van der Waals surface area contributed by atoms with Gasteiger partial charge >= 0.3 is 0 Å². The van der Waals surface area contributed by atoms with Crippen LogP contribution in [0.25, 0.3) is 0 Å². The zero-order valence-electron chi connectivity index (χ0n) is 15.9. The Balaban J connectivity index is 0. The van der Waals surface area contributed by atoms with Crippen LogP contribution in [0, 0.1) is 0 Å². The van der Waals surface area contributed by atoms with E-state index in [9.17, 15) is 0 Å². The lowest BCUT2D eigenvalue weighted by molar-refractivity contribution is -0.929. The minimum atomic E-state index is 0.417. The van der Waals surface area contributed by atoms with Gasteiger partial charge < -0.3 is 17.1 Å². The maximum absolute atomic E-state index is 4.62. The van der Waals surface area contributed by atoms with E-state index in [-0.39, 0.29) is 0 Å². The average Bonchev–Trinajstić information content (AvgIpc) is 2.45. The van der Waals surface area contributed by atoms with Crippen LogP contribution < -0.4 is 0 Å². The van der Waals surface area contributed by atoms with Gasteiger partial charge in [-0.25, -0.2) is 0 Å². The van der Waals surface area contributed by atoms with Crippen LogP contribution in [0.5, 0.6) is 0 Å². The molecule has 0 spiro atoms. The summed E-state index contributed by atoms with van der Waals surface area (Å²) >= 11 is 4.62. The summed E-state index contributed by atoms with van der Waals surface area (Å²) in [5.74, 6) is 0. The summed E-state index contributed by atoms with van der Waals surface area (Å²) in [5, 5.41) is 0.417. The zero-order valence-corrected chi connectivity index (χ0v) is 16.7. The molecule has 0 heterocycles. The predicted octanol–water partition coefficient (Wildman–Crippen LogP) is 5.95. The molecule has 0 aromatic rings. The maximum Gasteiger partial charge on any atom is 0.0786 e. The zero-order chi connectivity index (χ0) is 16.6. The van der Waals surface area contributed by atoms with Crippen molar-refractivity contribution < 1.29 is 4.48 Å². The summed E-state index contributed by atoms with van der Waals surface area (Å²) < 4.78 is 1.42. The van der Waals surface area contributed by atoms with E-state index in [2.05, 4.69) is 40.3 Å². The molecule has 0 rings (SSSR count). The standard InChI is InChI=1S/C16H36N.C3H8S/c1-5-9-13-17(14-10-6-2,15-11-7-3)16-12-8-4;1-3(2)4/h5-16H2,1-4H3;3-4H,1-2H3/q+1;/p-1. The van der Waals surface area contributed by atoms with Crippen LogP contribution in [0.2, 0.25) is 0 Å². The molecule has 0 N–H and O–H groups in total. The second kappa shape index (κ2) is 16.7. The van der Waals surface area contributed by atoms with Crippen LogP contribution in [0.3, 0.4) is 0 Å². The number of rotatable bonds is 12. The van der Waals surface area contributed by atoms with Crippen LogP contribution in [-0.4, -0.2) is 35.9 Å². The molecule has 0 aliphatic heterocycles. The van der Waals surface area contributed by atoms with Gasteiger partial charge in [0.05, 0.1) is 26.2 Å². The lowest BCUT2D eigenvalue weighted by Gasteiger charge is -2.39.